The van der Waals surface area contributed by atoms with Crippen LogP contribution in [0, 0.1) is 6.92 Å². The van der Waals surface area contributed by atoms with Gasteiger partial charge in [-0.2, -0.15) is 0 Å². The van der Waals surface area contributed by atoms with Gasteiger partial charge in [-0.05, 0) is 49.6 Å². The molecular formula is C21H28N2O2S. The molecule has 0 unspecified atom stereocenters. The minimum absolute atomic E-state index is 0.207. The summed E-state index contributed by atoms with van der Waals surface area (Å²) in [6, 6.07) is 12.5. The molecule has 0 aliphatic heterocycles. The van der Waals surface area contributed by atoms with Crippen LogP contribution in [0.3, 0.4) is 0 Å². The average molecular weight is 373 g/mol. The van der Waals surface area contributed by atoms with Crippen LogP contribution in [0.1, 0.15) is 41.0 Å². The summed E-state index contributed by atoms with van der Waals surface area (Å²) in [6.45, 7) is 3.82. The van der Waals surface area contributed by atoms with Crippen LogP contribution < -0.4 is 10.5 Å². The zero-order valence-corrected chi connectivity index (χ0v) is 16.3. The number of thiophene rings is 1. The molecule has 1 saturated carbocycles. The second-order valence-corrected chi connectivity index (χ2v) is 8.31. The van der Waals surface area contributed by atoms with Crippen molar-refractivity contribution >= 4 is 17.2 Å². The van der Waals surface area contributed by atoms with Crippen molar-refractivity contribution in [2.24, 2.45) is 5.73 Å². The molecule has 0 spiro atoms. The van der Waals surface area contributed by atoms with Crippen molar-refractivity contribution in [3.8, 4) is 5.75 Å². The topological polar surface area (TPSA) is 55.6 Å². The van der Waals surface area contributed by atoms with Gasteiger partial charge in [-0.25, -0.2) is 0 Å². The molecule has 2 aromatic rings. The predicted octanol–water partition coefficient (Wildman–Crippen LogP) is 3.91. The Bertz CT molecular complexity index is 722. The fraction of sp³-hybridized carbons (Fsp3) is 0.476. The van der Waals surface area contributed by atoms with Gasteiger partial charge in [0.05, 0.1) is 13.0 Å². The summed E-state index contributed by atoms with van der Waals surface area (Å²) in [5, 5.41) is 0. The molecule has 1 aliphatic rings. The van der Waals surface area contributed by atoms with E-state index in [4.69, 9.17) is 10.5 Å². The number of ether oxygens (including phenoxy) is 1. The van der Waals surface area contributed by atoms with Crippen molar-refractivity contribution in [3.63, 3.8) is 0 Å². The first-order valence-corrected chi connectivity index (χ1v) is 10.2. The summed E-state index contributed by atoms with van der Waals surface area (Å²) in [4.78, 5) is 17.8. The molecule has 2 N–H and O–H groups in total. The number of hydrogen-bond donors (Lipinski definition) is 1. The van der Waals surface area contributed by atoms with Crippen LogP contribution in [-0.4, -0.2) is 30.0 Å². The zero-order valence-electron chi connectivity index (χ0n) is 15.4. The summed E-state index contributed by atoms with van der Waals surface area (Å²) in [5.41, 5.74) is 6.49. The largest absolute Gasteiger partial charge is 0.492 e. The number of carbonyl (C=O) groups excluding carboxylic acids is 1. The van der Waals surface area contributed by atoms with Crippen molar-refractivity contribution in [1.82, 2.24) is 4.90 Å². The fourth-order valence-electron chi connectivity index (χ4n) is 3.57. The maximum Gasteiger partial charge on any atom is 0.227 e. The van der Waals surface area contributed by atoms with E-state index >= 15 is 0 Å². The van der Waals surface area contributed by atoms with E-state index in [0.29, 0.717) is 25.6 Å². The minimum Gasteiger partial charge on any atom is -0.492 e. The Morgan fingerprint density at radius 2 is 2.08 bits per heavy atom. The molecule has 26 heavy (non-hydrogen) atoms. The predicted molar refractivity (Wildman–Crippen MR) is 107 cm³/mol. The van der Waals surface area contributed by atoms with E-state index in [-0.39, 0.29) is 5.91 Å². The quantitative estimate of drug-likeness (QED) is 0.764. The summed E-state index contributed by atoms with van der Waals surface area (Å²) in [5.74, 6) is 0.987. The molecule has 0 saturated heterocycles. The Balaban J connectivity index is 1.70. The van der Waals surface area contributed by atoms with Crippen molar-refractivity contribution in [2.45, 2.75) is 51.6 Å². The number of amides is 1. The van der Waals surface area contributed by atoms with E-state index in [1.54, 1.807) is 11.3 Å². The number of rotatable bonds is 8. The zero-order chi connectivity index (χ0) is 18.4. The third kappa shape index (κ3) is 5.08. The molecule has 0 atom stereocenters. The Morgan fingerprint density at radius 1 is 1.27 bits per heavy atom. The molecule has 5 heteroatoms. The third-order valence-corrected chi connectivity index (χ3v) is 5.83. The molecule has 1 fully saturated rings. The lowest BCUT2D eigenvalue weighted by Crippen LogP contribution is -2.39. The highest BCUT2D eigenvalue weighted by Gasteiger charge is 2.27. The smallest absolute Gasteiger partial charge is 0.227 e. The Labute approximate surface area is 160 Å². The first-order valence-electron chi connectivity index (χ1n) is 9.42. The number of benzene rings is 1. The van der Waals surface area contributed by atoms with Gasteiger partial charge in [0.25, 0.3) is 0 Å². The Kier molecular flexibility index (Phi) is 6.69. The normalized spacial score (nSPS) is 14.5. The van der Waals surface area contributed by atoms with Gasteiger partial charge in [0.2, 0.25) is 5.91 Å². The van der Waals surface area contributed by atoms with Gasteiger partial charge in [-0.1, -0.05) is 25.0 Å². The van der Waals surface area contributed by atoms with E-state index < -0.39 is 0 Å². The number of hydrogen-bond acceptors (Lipinski definition) is 4. The van der Waals surface area contributed by atoms with Crippen molar-refractivity contribution in [1.29, 1.82) is 0 Å². The Hall–Kier alpha value is -1.85. The standard InChI is InChI=1S/C21H28N2O2S/c1-16-9-10-20(26-16)15-23(18-6-2-3-7-18)21(24)14-17-5-4-8-19(13-17)25-12-11-22/h4-5,8-10,13,18H,2-3,6-7,11-12,14-15,22H2,1H3. The molecule has 140 valence electrons. The number of carbonyl (C=O) groups is 1. The van der Waals surface area contributed by atoms with Crippen LogP contribution in [0.2, 0.25) is 0 Å². The molecule has 1 aliphatic carbocycles. The molecule has 0 bridgehead atoms. The highest BCUT2D eigenvalue weighted by molar-refractivity contribution is 7.11. The monoisotopic (exact) mass is 372 g/mol. The van der Waals surface area contributed by atoms with Crippen molar-refractivity contribution < 1.29 is 9.53 Å². The lowest BCUT2D eigenvalue weighted by Gasteiger charge is -2.29. The Morgan fingerprint density at radius 3 is 2.77 bits per heavy atom. The van der Waals surface area contributed by atoms with E-state index in [9.17, 15) is 4.79 Å². The van der Waals surface area contributed by atoms with Gasteiger partial charge >= 0.3 is 0 Å². The molecule has 1 aromatic carbocycles. The van der Waals surface area contributed by atoms with Crippen molar-refractivity contribution in [2.75, 3.05) is 13.2 Å². The molecule has 0 radical (unpaired) electrons. The molecular weight excluding hydrogens is 344 g/mol. The lowest BCUT2D eigenvalue weighted by molar-refractivity contribution is -0.133. The molecule has 1 heterocycles. The second kappa shape index (κ2) is 9.19. The highest BCUT2D eigenvalue weighted by Crippen LogP contribution is 2.27. The maximum atomic E-state index is 13.1. The summed E-state index contributed by atoms with van der Waals surface area (Å²) in [6.07, 6.45) is 5.10. The van der Waals surface area contributed by atoms with Gasteiger partial charge in [-0.3, -0.25) is 4.79 Å². The van der Waals surface area contributed by atoms with Gasteiger partial charge in [0.1, 0.15) is 12.4 Å². The molecule has 3 rings (SSSR count). The maximum absolute atomic E-state index is 13.1. The van der Waals surface area contributed by atoms with Crippen LogP contribution in [-0.2, 0) is 17.8 Å². The summed E-state index contributed by atoms with van der Waals surface area (Å²) >= 11 is 1.78. The van der Waals surface area contributed by atoms with Gasteiger partial charge in [0.15, 0.2) is 0 Å². The van der Waals surface area contributed by atoms with E-state index in [2.05, 4.69) is 24.0 Å². The SMILES string of the molecule is Cc1ccc(CN(C(=O)Cc2cccc(OCCN)c2)C2CCCC2)s1. The van der Waals surface area contributed by atoms with Crippen LogP contribution in [0.25, 0.3) is 0 Å². The number of nitrogens with zero attached hydrogens (tertiary/aromatic N) is 1. The van der Waals surface area contributed by atoms with Crippen LogP contribution in [0.15, 0.2) is 36.4 Å². The first-order chi connectivity index (χ1) is 12.7. The van der Waals surface area contributed by atoms with Gasteiger partial charge in [-0.15, -0.1) is 11.3 Å². The minimum atomic E-state index is 0.207. The second-order valence-electron chi connectivity index (χ2n) is 6.93. The average Bonchev–Trinajstić information content (AvgIpc) is 3.30. The van der Waals surface area contributed by atoms with Crippen LogP contribution >= 0.6 is 11.3 Å². The fourth-order valence-corrected chi connectivity index (χ4v) is 4.46. The molecule has 4 nitrogen and oxygen atoms in total. The van der Waals surface area contributed by atoms with E-state index in [1.165, 1.54) is 22.6 Å². The lowest BCUT2D eigenvalue weighted by atomic mass is 10.1. The van der Waals surface area contributed by atoms with E-state index in [0.717, 1.165) is 30.7 Å². The molecule has 1 amide bonds. The van der Waals surface area contributed by atoms with Crippen LogP contribution in [0.4, 0.5) is 0 Å². The number of aryl methyl sites for hydroxylation is 1. The highest BCUT2D eigenvalue weighted by atomic mass is 32.1. The van der Waals surface area contributed by atoms with Crippen molar-refractivity contribution in [3.05, 3.63) is 51.7 Å². The molecule has 1 aromatic heterocycles. The van der Waals surface area contributed by atoms with Gasteiger partial charge < -0.3 is 15.4 Å². The summed E-state index contributed by atoms with van der Waals surface area (Å²) in [7, 11) is 0. The van der Waals surface area contributed by atoms with Gasteiger partial charge in [0, 0.05) is 22.3 Å². The first kappa shape index (κ1) is 18.9. The van der Waals surface area contributed by atoms with E-state index in [1.807, 2.05) is 24.3 Å². The third-order valence-electron chi connectivity index (χ3n) is 4.85. The number of nitrogens with two attached hydrogens (primary N) is 1. The van der Waals surface area contributed by atoms with Crippen LogP contribution in [0.5, 0.6) is 5.75 Å². The summed E-state index contributed by atoms with van der Waals surface area (Å²) < 4.78 is 5.59.